The molecule has 114 valence electrons. The molecule has 1 aliphatic carbocycles. The number of rotatable bonds is 3. The number of carbonyl (C=O) groups excluding carboxylic acids is 1. The van der Waals surface area contributed by atoms with Gasteiger partial charge in [0.05, 0.1) is 0 Å². The molecule has 1 fully saturated rings. The number of benzene rings is 1. The van der Waals surface area contributed by atoms with Crippen LogP contribution < -0.4 is 10.6 Å². The van der Waals surface area contributed by atoms with Gasteiger partial charge in [-0.05, 0) is 42.9 Å². The average Bonchev–Trinajstić information content (AvgIpc) is 2.99. The lowest BCUT2D eigenvalue weighted by molar-refractivity contribution is -0.122. The Kier molecular flexibility index (Phi) is 4.18. The maximum absolute atomic E-state index is 12.8. The van der Waals surface area contributed by atoms with Crippen molar-refractivity contribution in [1.29, 1.82) is 0 Å². The molecule has 1 amide bonds. The highest BCUT2D eigenvalue weighted by Gasteiger charge is 2.29. The first-order valence-electron chi connectivity index (χ1n) is 8.35. The molecule has 0 aromatic heterocycles. The van der Waals surface area contributed by atoms with Crippen LogP contribution in [0.25, 0.3) is 0 Å². The number of hydrogen-bond donors (Lipinski definition) is 1. The predicted molar refractivity (Wildman–Crippen MR) is 87.3 cm³/mol. The van der Waals surface area contributed by atoms with Gasteiger partial charge in [-0.1, -0.05) is 38.7 Å². The van der Waals surface area contributed by atoms with E-state index in [4.69, 9.17) is 5.73 Å². The number of fused-ring (bicyclic) bond motifs is 1. The van der Waals surface area contributed by atoms with E-state index in [-0.39, 0.29) is 11.8 Å². The van der Waals surface area contributed by atoms with Crippen LogP contribution in [-0.4, -0.2) is 12.5 Å². The van der Waals surface area contributed by atoms with Gasteiger partial charge in [0.1, 0.15) is 0 Å². The topological polar surface area (TPSA) is 46.3 Å². The maximum Gasteiger partial charge on any atom is 0.229 e. The van der Waals surface area contributed by atoms with Crippen molar-refractivity contribution in [2.24, 2.45) is 11.8 Å². The summed E-state index contributed by atoms with van der Waals surface area (Å²) >= 11 is 0. The maximum atomic E-state index is 12.8. The minimum Gasteiger partial charge on any atom is -0.398 e. The summed E-state index contributed by atoms with van der Waals surface area (Å²) in [7, 11) is 0. The Balaban J connectivity index is 1.75. The number of amides is 1. The number of nitrogens with zero attached hydrogens (tertiary/aromatic N) is 1. The van der Waals surface area contributed by atoms with Crippen LogP contribution in [0.5, 0.6) is 0 Å². The molecule has 0 saturated heterocycles. The van der Waals surface area contributed by atoms with E-state index in [0.717, 1.165) is 48.7 Å². The Hall–Kier alpha value is -1.51. The van der Waals surface area contributed by atoms with Gasteiger partial charge in [-0.25, -0.2) is 0 Å². The van der Waals surface area contributed by atoms with E-state index < -0.39 is 0 Å². The number of nitrogen functional groups attached to an aromatic ring is 1. The third kappa shape index (κ3) is 2.92. The van der Waals surface area contributed by atoms with Gasteiger partial charge in [-0.2, -0.15) is 0 Å². The molecule has 21 heavy (non-hydrogen) atoms. The normalized spacial score (nSPS) is 20.3. The van der Waals surface area contributed by atoms with Crippen LogP contribution in [0.4, 0.5) is 11.4 Å². The van der Waals surface area contributed by atoms with Gasteiger partial charge in [0.25, 0.3) is 0 Å². The molecule has 1 atom stereocenters. The van der Waals surface area contributed by atoms with Crippen molar-refractivity contribution < 1.29 is 4.79 Å². The van der Waals surface area contributed by atoms with E-state index >= 15 is 0 Å². The molecule has 3 rings (SSSR count). The van der Waals surface area contributed by atoms with E-state index in [1.54, 1.807) is 0 Å². The van der Waals surface area contributed by atoms with Crippen LogP contribution in [-0.2, 0) is 11.2 Å². The van der Waals surface area contributed by atoms with Gasteiger partial charge in [0.2, 0.25) is 5.91 Å². The fraction of sp³-hybridized carbons (Fsp3) is 0.611. The summed E-state index contributed by atoms with van der Waals surface area (Å²) in [6, 6.07) is 5.95. The fourth-order valence-electron chi connectivity index (χ4n) is 3.99. The highest BCUT2D eigenvalue weighted by molar-refractivity contribution is 5.96. The summed E-state index contributed by atoms with van der Waals surface area (Å²) in [4.78, 5) is 14.8. The van der Waals surface area contributed by atoms with Gasteiger partial charge >= 0.3 is 0 Å². The van der Waals surface area contributed by atoms with Gasteiger partial charge in [0.15, 0.2) is 0 Å². The van der Waals surface area contributed by atoms with E-state index in [2.05, 4.69) is 6.92 Å². The lowest BCUT2D eigenvalue weighted by Crippen LogP contribution is -2.39. The minimum absolute atomic E-state index is 0.125. The van der Waals surface area contributed by atoms with Crippen LogP contribution >= 0.6 is 0 Å². The van der Waals surface area contributed by atoms with E-state index in [0.29, 0.717) is 0 Å². The number of nitrogens with two attached hydrogens (primary N) is 1. The van der Waals surface area contributed by atoms with E-state index in [1.165, 1.54) is 25.7 Å². The second kappa shape index (κ2) is 6.08. The van der Waals surface area contributed by atoms with Crippen molar-refractivity contribution in [1.82, 2.24) is 0 Å². The second-order valence-electron chi connectivity index (χ2n) is 6.73. The Morgan fingerprint density at radius 3 is 2.86 bits per heavy atom. The summed E-state index contributed by atoms with van der Waals surface area (Å²) in [5.74, 6) is 1.17. The van der Waals surface area contributed by atoms with Crippen LogP contribution in [0.2, 0.25) is 0 Å². The van der Waals surface area contributed by atoms with Crippen molar-refractivity contribution in [3.63, 3.8) is 0 Å². The molecular weight excluding hydrogens is 260 g/mol. The van der Waals surface area contributed by atoms with Crippen molar-refractivity contribution in [3.8, 4) is 0 Å². The Labute approximate surface area is 127 Å². The first kappa shape index (κ1) is 14.4. The summed E-state index contributed by atoms with van der Waals surface area (Å²) < 4.78 is 0. The van der Waals surface area contributed by atoms with Crippen LogP contribution in [0.1, 0.15) is 51.0 Å². The Morgan fingerprint density at radius 1 is 1.33 bits per heavy atom. The lowest BCUT2D eigenvalue weighted by Gasteiger charge is -2.32. The first-order valence-corrected chi connectivity index (χ1v) is 8.35. The standard InChI is InChI=1S/C18H26N2O/c1-13(12-14-6-2-3-7-14)18(21)20-11-5-8-15-16(19)9-4-10-17(15)20/h4,9-10,13-14H,2-3,5-8,11-12,19H2,1H3. The Morgan fingerprint density at radius 2 is 2.10 bits per heavy atom. The molecule has 1 aromatic rings. The SMILES string of the molecule is CC(CC1CCCC1)C(=O)N1CCCc2c(N)cccc21. The fourth-order valence-corrected chi connectivity index (χ4v) is 3.99. The molecule has 1 aliphatic heterocycles. The van der Waals surface area contributed by atoms with Crippen LogP contribution in [0.15, 0.2) is 18.2 Å². The van der Waals surface area contributed by atoms with Crippen molar-refractivity contribution in [3.05, 3.63) is 23.8 Å². The van der Waals surface area contributed by atoms with E-state index in [9.17, 15) is 4.79 Å². The molecule has 1 heterocycles. The van der Waals surface area contributed by atoms with Crippen molar-refractivity contribution in [2.45, 2.75) is 51.9 Å². The van der Waals surface area contributed by atoms with Gasteiger partial charge < -0.3 is 10.6 Å². The molecule has 2 N–H and O–H groups in total. The second-order valence-corrected chi connectivity index (χ2v) is 6.73. The van der Waals surface area contributed by atoms with Crippen LogP contribution in [0.3, 0.4) is 0 Å². The predicted octanol–water partition coefficient (Wildman–Crippen LogP) is 3.76. The molecule has 0 bridgehead atoms. The Bertz CT molecular complexity index is 520. The highest BCUT2D eigenvalue weighted by atomic mass is 16.2. The zero-order chi connectivity index (χ0) is 14.8. The van der Waals surface area contributed by atoms with Gasteiger partial charge in [-0.15, -0.1) is 0 Å². The van der Waals surface area contributed by atoms with Gasteiger partial charge in [0, 0.05) is 23.8 Å². The van der Waals surface area contributed by atoms with E-state index in [1.807, 2.05) is 23.1 Å². The monoisotopic (exact) mass is 286 g/mol. The quantitative estimate of drug-likeness (QED) is 0.860. The molecular formula is C18H26N2O. The number of anilines is 2. The average molecular weight is 286 g/mol. The summed E-state index contributed by atoms with van der Waals surface area (Å²) in [5, 5.41) is 0. The first-order chi connectivity index (χ1) is 10.2. The summed E-state index contributed by atoms with van der Waals surface area (Å²) in [5.41, 5.74) is 9.10. The van der Waals surface area contributed by atoms with Crippen LogP contribution in [0, 0.1) is 11.8 Å². The molecule has 2 aliphatic rings. The number of hydrogen-bond acceptors (Lipinski definition) is 2. The molecule has 0 spiro atoms. The van der Waals surface area contributed by atoms with Gasteiger partial charge in [-0.3, -0.25) is 4.79 Å². The third-order valence-electron chi connectivity index (χ3n) is 5.14. The summed E-state index contributed by atoms with van der Waals surface area (Å²) in [6.07, 6.45) is 8.35. The smallest absolute Gasteiger partial charge is 0.229 e. The molecule has 3 nitrogen and oxygen atoms in total. The highest BCUT2D eigenvalue weighted by Crippen LogP contribution is 2.34. The lowest BCUT2D eigenvalue weighted by atomic mass is 9.92. The molecule has 0 radical (unpaired) electrons. The molecule has 1 aromatic carbocycles. The molecule has 1 unspecified atom stereocenters. The molecule has 1 saturated carbocycles. The summed E-state index contributed by atoms with van der Waals surface area (Å²) in [6.45, 7) is 2.94. The molecule has 3 heteroatoms. The minimum atomic E-state index is 0.125. The van der Waals surface area contributed by atoms with Crippen molar-refractivity contribution >= 4 is 17.3 Å². The third-order valence-corrected chi connectivity index (χ3v) is 5.14. The largest absolute Gasteiger partial charge is 0.398 e. The zero-order valence-electron chi connectivity index (χ0n) is 13.0. The van der Waals surface area contributed by atoms with Crippen molar-refractivity contribution in [2.75, 3.05) is 17.2 Å². The zero-order valence-corrected chi connectivity index (χ0v) is 13.0. The number of carbonyl (C=O) groups is 1.